The Bertz CT molecular complexity index is 921. The van der Waals surface area contributed by atoms with Crippen molar-refractivity contribution in [1.82, 2.24) is 4.90 Å². The first-order chi connectivity index (χ1) is 15.5. The first-order valence-corrected chi connectivity index (χ1v) is 10.6. The fourth-order valence-electron chi connectivity index (χ4n) is 4.33. The van der Waals surface area contributed by atoms with Gasteiger partial charge in [0, 0.05) is 6.54 Å². The highest BCUT2D eigenvalue weighted by Crippen LogP contribution is 2.44. The summed E-state index contributed by atoms with van der Waals surface area (Å²) in [5, 5.41) is 9.87. The van der Waals surface area contributed by atoms with Crippen LogP contribution in [0.4, 0.5) is 0 Å². The van der Waals surface area contributed by atoms with E-state index in [4.69, 9.17) is 23.7 Å². The second-order valence-corrected chi connectivity index (χ2v) is 7.44. The number of ether oxygens (including phenoxy) is 5. The molecule has 0 spiro atoms. The van der Waals surface area contributed by atoms with Crippen LogP contribution < -0.4 is 23.7 Å². The molecule has 1 N–H and O–H groups in total. The van der Waals surface area contributed by atoms with E-state index < -0.39 is 12.0 Å². The van der Waals surface area contributed by atoms with Gasteiger partial charge < -0.3 is 28.8 Å². The quantitative estimate of drug-likeness (QED) is 0.592. The summed E-state index contributed by atoms with van der Waals surface area (Å²) in [6.07, 6.45) is 1.39. The van der Waals surface area contributed by atoms with Crippen molar-refractivity contribution in [3.8, 4) is 28.7 Å². The molecule has 1 aliphatic heterocycles. The van der Waals surface area contributed by atoms with Gasteiger partial charge in [0.25, 0.3) is 0 Å². The van der Waals surface area contributed by atoms with Crippen LogP contribution in [0.15, 0.2) is 30.3 Å². The van der Waals surface area contributed by atoms with Crippen LogP contribution >= 0.6 is 0 Å². The summed E-state index contributed by atoms with van der Waals surface area (Å²) in [5.74, 6) is 1.90. The second-order valence-electron chi connectivity index (χ2n) is 7.44. The lowest BCUT2D eigenvalue weighted by Gasteiger charge is -2.33. The van der Waals surface area contributed by atoms with Crippen molar-refractivity contribution in [1.29, 1.82) is 0 Å². The SMILES string of the molecule is CCOc1ccc(C(c2cc(OC)c(OC)c(OC)c2)N2CCCC2C(=O)O)cc1OC. The van der Waals surface area contributed by atoms with Gasteiger partial charge in [0.05, 0.1) is 41.1 Å². The highest BCUT2D eigenvalue weighted by Gasteiger charge is 2.38. The summed E-state index contributed by atoms with van der Waals surface area (Å²) in [5.41, 5.74) is 1.71. The van der Waals surface area contributed by atoms with E-state index in [1.54, 1.807) is 28.4 Å². The Labute approximate surface area is 188 Å². The van der Waals surface area contributed by atoms with Crippen molar-refractivity contribution < 1.29 is 33.6 Å². The summed E-state index contributed by atoms with van der Waals surface area (Å²) >= 11 is 0. The molecule has 2 atom stereocenters. The highest BCUT2D eigenvalue weighted by molar-refractivity contribution is 5.74. The van der Waals surface area contributed by atoms with Gasteiger partial charge in [-0.1, -0.05) is 6.07 Å². The van der Waals surface area contributed by atoms with E-state index in [1.165, 1.54) is 0 Å². The molecular formula is C24H31NO7. The second kappa shape index (κ2) is 10.5. The van der Waals surface area contributed by atoms with E-state index in [0.717, 1.165) is 17.5 Å². The normalized spacial score (nSPS) is 17.0. The predicted molar refractivity (Wildman–Crippen MR) is 119 cm³/mol. The van der Waals surface area contributed by atoms with Crippen molar-refractivity contribution >= 4 is 5.97 Å². The molecule has 0 saturated carbocycles. The molecule has 32 heavy (non-hydrogen) atoms. The summed E-state index contributed by atoms with van der Waals surface area (Å²) in [6.45, 7) is 3.07. The Balaban J connectivity index is 2.20. The van der Waals surface area contributed by atoms with E-state index in [0.29, 0.717) is 48.3 Å². The van der Waals surface area contributed by atoms with Crippen molar-refractivity contribution in [2.75, 3.05) is 41.6 Å². The summed E-state index contributed by atoms with van der Waals surface area (Å²) in [6, 6.07) is 8.47. The van der Waals surface area contributed by atoms with Gasteiger partial charge in [0.1, 0.15) is 6.04 Å². The Kier molecular flexibility index (Phi) is 7.69. The first-order valence-electron chi connectivity index (χ1n) is 10.6. The minimum Gasteiger partial charge on any atom is -0.493 e. The fourth-order valence-corrected chi connectivity index (χ4v) is 4.33. The Hall–Kier alpha value is -3.13. The molecule has 3 rings (SSSR count). The lowest BCUT2D eigenvalue weighted by molar-refractivity contribution is -0.142. The van der Waals surface area contributed by atoms with Crippen molar-refractivity contribution in [2.24, 2.45) is 0 Å². The number of hydrogen-bond donors (Lipinski definition) is 1. The number of rotatable bonds is 10. The van der Waals surface area contributed by atoms with E-state index in [-0.39, 0.29) is 6.04 Å². The summed E-state index contributed by atoms with van der Waals surface area (Å²) < 4.78 is 27.8. The van der Waals surface area contributed by atoms with Gasteiger partial charge >= 0.3 is 5.97 Å². The third kappa shape index (κ3) is 4.55. The smallest absolute Gasteiger partial charge is 0.320 e. The molecule has 2 unspecified atom stereocenters. The predicted octanol–water partition coefficient (Wildman–Crippen LogP) is 3.76. The van der Waals surface area contributed by atoms with Gasteiger partial charge in [0.2, 0.25) is 5.75 Å². The van der Waals surface area contributed by atoms with Crippen LogP contribution in [-0.4, -0.2) is 63.6 Å². The van der Waals surface area contributed by atoms with Crippen molar-refractivity contribution in [3.05, 3.63) is 41.5 Å². The van der Waals surface area contributed by atoms with Crippen LogP contribution in [0.25, 0.3) is 0 Å². The molecule has 1 heterocycles. The Morgan fingerprint density at radius 1 is 0.969 bits per heavy atom. The molecule has 0 aliphatic carbocycles. The van der Waals surface area contributed by atoms with Gasteiger partial charge in [-0.05, 0) is 55.2 Å². The highest BCUT2D eigenvalue weighted by atomic mass is 16.5. The number of carboxylic acids is 1. The molecule has 0 radical (unpaired) electrons. The minimum atomic E-state index is -0.835. The standard InChI is InChI=1S/C24H31NO7/c1-6-32-18-10-9-15(12-19(18)28-2)22(25-11-7-8-17(25)24(26)27)16-13-20(29-3)23(31-5)21(14-16)30-4/h9-10,12-14,17,22H,6-8,11H2,1-5H3,(H,26,27). The zero-order valence-corrected chi connectivity index (χ0v) is 19.2. The molecule has 8 heteroatoms. The zero-order valence-electron chi connectivity index (χ0n) is 19.2. The monoisotopic (exact) mass is 445 g/mol. The number of methoxy groups -OCH3 is 4. The van der Waals surface area contributed by atoms with Gasteiger partial charge in [-0.25, -0.2) is 0 Å². The van der Waals surface area contributed by atoms with Crippen LogP contribution in [0.2, 0.25) is 0 Å². The number of hydrogen-bond acceptors (Lipinski definition) is 7. The Morgan fingerprint density at radius 2 is 1.59 bits per heavy atom. The Morgan fingerprint density at radius 3 is 2.12 bits per heavy atom. The largest absolute Gasteiger partial charge is 0.493 e. The van der Waals surface area contributed by atoms with E-state index >= 15 is 0 Å². The zero-order chi connectivity index (χ0) is 23.3. The third-order valence-corrected chi connectivity index (χ3v) is 5.72. The van der Waals surface area contributed by atoms with E-state index in [9.17, 15) is 9.90 Å². The average Bonchev–Trinajstić information content (AvgIpc) is 3.29. The molecule has 2 aromatic carbocycles. The number of carbonyl (C=O) groups is 1. The van der Waals surface area contributed by atoms with Crippen molar-refractivity contribution in [3.63, 3.8) is 0 Å². The number of nitrogens with zero attached hydrogens (tertiary/aromatic N) is 1. The topological polar surface area (TPSA) is 86.7 Å². The number of carboxylic acid groups (broad SMARTS) is 1. The van der Waals surface area contributed by atoms with Crippen LogP contribution in [0.1, 0.15) is 36.9 Å². The van der Waals surface area contributed by atoms with Crippen LogP contribution in [-0.2, 0) is 4.79 Å². The molecule has 0 amide bonds. The molecule has 1 fully saturated rings. The summed E-state index contributed by atoms with van der Waals surface area (Å²) in [7, 11) is 6.26. The van der Waals surface area contributed by atoms with Crippen LogP contribution in [0.3, 0.4) is 0 Å². The molecular weight excluding hydrogens is 414 g/mol. The molecule has 1 saturated heterocycles. The molecule has 174 valence electrons. The molecule has 2 aromatic rings. The van der Waals surface area contributed by atoms with Gasteiger partial charge in [-0.15, -0.1) is 0 Å². The molecule has 1 aliphatic rings. The maximum atomic E-state index is 12.0. The maximum Gasteiger partial charge on any atom is 0.320 e. The van der Waals surface area contributed by atoms with E-state index in [1.807, 2.05) is 42.2 Å². The summed E-state index contributed by atoms with van der Waals surface area (Å²) in [4.78, 5) is 14.0. The van der Waals surface area contributed by atoms with Crippen LogP contribution in [0.5, 0.6) is 28.7 Å². The number of aliphatic carboxylic acids is 1. The average molecular weight is 446 g/mol. The molecule has 8 nitrogen and oxygen atoms in total. The van der Waals surface area contributed by atoms with Crippen molar-refractivity contribution in [2.45, 2.75) is 31.8 Å². The first kappa shape index (κ1) is 23.5. The van der Waals surface area contributed by atoms with Crippen LogP contribution in [0, 0.1) is 0 Å². The number of benzene rings is 2. The van der Waals surface area contributed by atoms with Gasteiger partial charge in [-0.2, -0.15) is 0 Å². The maximum absolute atomic E-state index is 12.0. The third-order valence-electron chi connectivity index (χ3n) is 5.72. The van der Waals surface area contributed by atoms with Gasteiger partial charge in [-0.3, -0.25) is 9.69 Å². The molecule has 0 aromatic heterocycles. The lowest BCUT2D eigenvalue weighted by atomic mass is 9.95. The minimum absolute atomic E-state index is 0.364. The fraction of sp³-hybridized carbons (Fsp3) is 0.458. The number of likely N-dealkylation sites (tertiary alicyclic amines) is 1. The molecule has 0 bridgehead atoms. The van der Waals surface area contributed by atoms with Gasteiger partial charge in [0.15, 0.2) is 23.0 Å². The lowest BCUT2D eigenvalue weighted by Crippen LogP contribution is -2.39. The van der Waals surface area contributed by atoms with E-state index in [2.05, 4.69) is 0 Å².